The van der Waals surface area contributed by atoms with Crippen molar-refractivity contribution in [2.75, 3.05) is 25.0 Å². The Kier molecular flexibility index (Phi) is 6.97. The molecule has 1 aliphatic heterocycles. The van der Waals surface area contributed by atoms with Gasteiger partial charge >= 0.3 is 6.09 Å². The number of nitrogens with two attached hydrogens (primary N) is 2. The Hall–Kier alpha value is -3.32. The van der Waals surface area contributed by atoms with Crippen LogP contribution >= 0.6 is 0 Å². The highest BCUT2D eigenvalue weighted by molar-refractivity contribution is 5.98. The molecule has 3 rings (SSSR count). The van der Waals surface area contributed by atoms with Crippen molar-refractivity contribution in [3.8, 4) is 0 Å². The number of rotatable bonds is 7. The highest BCUT2D eigenvalue weighted by atomic mass is 19.3. The van der Waals surface area contributed by atoms with Crippen LogP contribution in [0.15, 0.2) is 30.5 Å². The summed E-state index contributed by atoms with van der Waals surface area (Å²) < 4.78 is 43.6. The molecule has 2 amide bonds. The topological polar surface area (TPSA) is 138 Å². The number of nitrogens with one attached hydrogen (secondary N) is 1. The van der Waals surface area contributed by atoms with Gasteiger partial charge in [0.1, 0.15) is 17.5 Å². The van der Waals surface area contributed by atoms with Gasteiger partial charge in [-0.05, 0) is 30.7 Å². The van der Waals surface area contributed by atoms with Crippen LogP contribution in [-0.4, -0.2) is 58.9 Å². The van der Waals surface area contributed by atoms with Crippen molar-refractivity contribution >= 4 is 23.5 Å². The third-order valence-corrected chi connectivity index (χ3v) is 4.73. The molecule has 0 saturated carbocycles. The second-order valence-electron chi connectivity index (χ2n) is 6.81. The fourth-order valence-electron chi connectivity index (χ4n) is 3.24. The van der Waals surface area contributed by atoms with Crippen molar-refractivity contribution in [3.05, 3.63) is 41.8 Å². The summed E-state index contributed by atoms with van der Waals surface area (Å²) in [5, 5.41) is 7.24. The van der Waals surface area contributed by atoms with Gasteiger partial charge in [-0.3, -0.25) is 14.3 Å². The van der Waals surface area contributed by atoms with E-state index in [1.54, 1.807) is 0 Å². The third-order valence-electron chi connectivity index (χ3n) is 4.73. The van der Waals surface area contributed by atoms with Gasteiger partial charge in [0.2, 0.25) is 0 Å². The predicted octanol–water partition coefficient (Wildman–Crippen LogP) is 1.77. The SMILES string of the molecule is NO[C@@H]1CN(C(=O)OCC(F)F)CC[C@@H]1n1cc(C(N)=O)c(Nc2ccc(F)cc2)n1. The van der Waals surface area contributed by atoms with E-state index in [-0.39, 0.29) is 24.5 Å². The van der Waals surface area contributed by atoms with Crippen molar-refractivity contribution in [1.29, 1.82) is 0 Å². The van der Waals surface area contributed by atoms with E-state index in [9.17, 15) is 22.8 Å². The fourth-order valence-corrected chi connectivity index (χ4v) is 3.24. The van der Waals surface area contributed by atoms with Crippen molar-refractivity contribution in [1.82, 2.24) is 14.7 Å². The van der Waals surface area contributed by atoms with Gasteiger partial charge < -0.3 is 20.7 Å². The number of primary amides is 1. The average molecular weight is 442 g/mol. The molecule has 1 saturated heterocycles. The van der Waals surface area contributed by atoms with Crippen molar-refractivity contribution < 1.29 is 32.3 Å². The Morgan fingerprint density at radius 3 is 2.61 bits per heavy atom. The first-order valence-corrected chi connectivity index (χ1v) is 9.25. The zero-order chi connectivity index (χ0) is 22.5. The lowest BCUT2D eigenvalue weighted by Crippen LogP contribution is -2.49. The first-order chi connectivity index (χ1) is 14.8. The Morgan fingerprint density at radius 2 is 2.00 bits per heavy atom. The number of alkyl halides is 2. The van der Waals surface area contributed by atoms with Gasteiger partial charge in [0.15, 0.2) is 12.4 Å². The molecule has 1 aliphatic rings. The quantitative estimate of drug-likeness (QED) is 0.556. The van der Waals surface area contributed by atoms with Gasteiger partial charge in [-0.15, -0.1) is 0 Å². The minimum absolute atomic E-state index is 0.0320. The Balaban J connectivity index is 1.76. The van der Waals surface area contributed by atoms with Crippen molar-refractivity contribution in [3.63, 3.8) is 0 Å². The molecule has 0 aliphatic carbocycles. The van der Waals surface area contributed by atoms with Crippen LogP contribution in [0.4, 0.5) is 29.5 Å². The maximum atomic E-state index is 13.1. The molecular weight excluding hydrogens is 421 g/mol. The van der Waals surface area contributed by atoms with Gasteiger partial charge in [0, 0.05) is 18.4 Å². The summed E-state index contributed by atoms with van der Waals surface area (Å²) in [5.74, 6) is 4.36. The van der Waals surface area contributed by atoms with Crippen LogP contribution in [-0.2, 0) is 9.57 Å². The van der Waals surface area contributed by atoms with Gasteiger partial charge in [-0.2, -0.15) is 5.10 Å². The van der Waals surface area contributed by atoms with Gasteiger partial charge in [-0.25, -0.2) is 23.9 Å². The predicted molar refractivity (Wildman–Crippen MR) is 102 cm³/mol. The molecular formula is C18H21F3N6O4. The van der Waals surface area contributed by atoms with Gasteiger partial charge in [0.05, 0.1) is 12.6 Å². The van der Waals surface area contributed by atoms with E-state index in [0.717, 1.165) is 0 Å². The fraction of sp³-hybridized carbons (Fsp3) is 0.389. The molecule has 2 heterocycles. The summed E-state index contributed by atoms with van der Waals surface area (Å²) in [6.45, 7) is -0.874. The lowest BCUT2D eigenvalue weighted by atomic mass is 10.0. The standard InChI is InChI=1S/C18H21F3N6O4/c19-10-1-3-11(4-2-10)24-17-12(16(22)28)7-27(25-17)13-5-6-26(8-14(13)31-23)18(29)30-9-15(20)21/h1-4,7,13-15H,5-6,8-9,23H2,(H2,22,28)(H,24,25)/t13-,14+/m0/s1. The molecule has 13 heteroatoms. The molecule has 168 valence electrons. The van der Waals surface area contributed by atoms with E-state index >= 15 is 0 Å². The summed E-state index contributed by atoms with van der Waals surface area (Å²) >= 11 is 0. The first kappa shape index (κ1) is 22.4. The summed E-state index contributed by atoms with van der Waals surface area (Å²) in [6, 6.07) is 4.93. The van der Waals surface area contributed by atoms with Crippen LogP contribution in [0.3, 0.4) is 0 Å². The lowest BCUT2D eigenvalue weighted by molar-refractivity contribution is -0.0406. The van der Waals surface area contributed by atoms with Gasteiger partial charge in [-0.1, -0.05) is 0 Å². The molecule has 31 heavy (non-hydrogen) atoms. The van der Waals surface area contributed by atoms with Gasteiger partial charge in [0.25, 0.3) is 12.3 Å². The Labute approximate surface area is 174 Å². The summed E-state index contributed by atoms with van der Waals surface area (Å²) in [5.41, 5.74) is 6.01. The smallest absolute Gasteiger partial charge is 0.410 e. The maximum Gasteiger partial charge on any atom is 0.410 e. The van der Waals surface area contributed by atoms with E-state index in [1.165, 1.54) is 40.0 Å². The summed E-state index contributed by atoms with van der Waals surface area (Å²) in [6.07, 6.45) is -2.73. The van der Waals surface area contributed by atoms with Crippen LogP contribution in [0, 0.1) is 5.82 Å². The van der Waals surface area contributed by atoms with Crippen molar-refractivity contribution in [2.45, 2.75) is 25.0 Å². The highest BCUT2D eigenvalue weighted by Gasteiger charge is 2.35. The largest absolute Gasteiger partial charge is 0.443 e. The number of aromatic nitrogens is 2. The summed E-state index contributed by atoms with van der Waals surface area (Å²) in [7, 11) is 0. The number of benzene rings is 1. The van der Waals surface area contributed by atoms with Crippen LogP contribution in [0.5, 0.6) is 0 Å². The van der Waals surface area contributed by atoms with E-state index < -0.39 is 43.0 Å². The molecule has 0 bridgehead atoms. The zero-order valence-electron chi connectivity index (χ0n) is 16.2. The maximum absolute atomic E-state index is 13.1. The van der Waals surface area contributed by atoms with Crippen LogP contribution in [0.2, 0.25) is 0 Å². The van der Waals surface area contributed by atoms with E-state index in [0.29, 0.717) is 12.1 Å². The lowest BCUT2D eigenvalue weighted by Gasteiger charge is -2.36. The molecule has 1 aromatic carbocycles. The Bertz CT molecular complexity index is 924. The minimum Gasteiger partial charge on any atom is -0.443 e. The highest BCUT2D eigenvalue weighted by Crippen LogP contribution is 2.28. The minimum atomic E-state index is -2.77. The van der Waals surface area contributed by atoms with E-state index in [2.05, 4.69) is 15.2 Å². The van der Waals surface area contributed by atoms with Crippen LogP contribution in [0.25, 0.3) is 0 Å². The number of halogens is 3. The number of carbonyl (C=O) groups excluding carboxylic acids is 2. The van der Waals surface area contributed by atoms with E-state index in [4.69, 9.17) is 16.5 Å². The van der Waals surface area contributed by atoms with Crippen molar-refractivity contribution in [2.24, 2.45) is 11.6 Å². The number of hydrogen-bond donors (Lipinski definition) is 3. The number of nitrogens with zero attached hydrogens (tertiary/aromatic N) is 3. The number of piperidine rings is 1. The molecule has 2 atom stereocenters. The number of hydrogen-bond acceptors (Lipinski definition) is 7. The number of likely N-dealkylation sites (tertiary alicyclic amines) is 1. The Morgan fingerprint density at radius 1 is 1.29 bits per heavy atom. The molecule has 0 spiro atoms. The number of carbonyl (C=O) groups is 2. The van der Waals surface area contributed by atoms with Crippen LogP contribution in [0.1, 0.15) is 22.8 Å². The normalized spacial score (nSPS) is 18.8. The molecule has 0 unspecified atom stereocenters. The van der Waals surface area contributed by atoms with Crippen LogP contribution < -0.4 is 16.9 Å². The second kappa shape index (κ2) is 9.66. The first-order valence-electron chi connectivity index (χ1n) is 9.25. The van der Waals surface area contributed by atoms with E-state index in [1.807, 2.05) is 0 Å². The number of amides is 2. The molecule has 10 nitrogen and oxygen atoms in total. The molecule has 2 aromatic rings. The zero-order valence-corrected chi connectivity index (χ0v) is 16.2. The molecule has 1 fully saturated rings. The average Bonchev–Trinajstić information content (AvgIpc) is 3.17. The molecule has 1 aromatic heterocycles. The summed E-state index contributed by atoms with van der Waals surface area (Å²) in [4.78, 5) is 30.0. The number of ether oxygens (including phenoxy) is 1. The monoisotopic (exact) mass is 442 g/mol. The number of anilines is 2. The molecule has 0 radical (unpaired) electrons. The second-order valence-corrected chi connectivity index (χ2v) is 6.81. The third kappa shape index (κ3) is 5.44. The molecule has 5 N–H and O–H groups in total.